The number of rotatable bonds is 5. The Balaban J connectivity index is 1.37. The van der Waals surface area contributed by atoms with Crippen LogP contribution in [0, 0.1) is 18.6 Å². The fourth-order valence-electron chi connectivity index (χ4n) is 5.60. The van der Waals surface area contributed by atoms with E-state index in [1.54, 1.807) is 11.3 Å². The van der Waals surface area contributed by atoms with Crippen molar-refractivity contribution in [1.29, 1.82) is 0 Å². The highest BCUT2D eigenvalue weighted by atomic mass is 19.1. The zero-order chi connectivity index (χ0) is 33.1. The molecule has 240 valence electrons. The van der Waals surface area contributed by atoms with Crippen LogP contribution in [0.1, 0.15) is 48.3 Å². The lowest BCUT2D eigenvalue weighted by Crippen LogP contribution is -2.50. The maximum Gasteiger partial charge on any atom is 0.407 e. The number of hydrogen-bond acceptors (Lipinski definition) is 8. The Labute approximate surface area is 261 Å². The molecule has 15 heteroatoms. The van der Waals surface area contributed by atoms with Crippen LogP contribution in [0.15, 0.2) is 36.8 Å². The largest absolute Gasteiger partial charge is 0.476 e. The molecule has 1 atom stereocenters. The van der Waals surface area contributed by atoms with Gasteiger partial charge in [0.05, 0.1) is 23.6 Å². The molecule has 2 N–H and O–H groups in total. The lowest BCUT2D eigenvalue weighted by molar-refractivity contribution is -0.125. The summed E-state index contributed by atoms with van der Waals surface area (Å²) in [6.45, 7) is 6.65. The number of carboxylic acid groups (broad SMARTS) is 1. The summed E-state index contributed by atoms with van der Waals surface area (Å²) in [6, 6.07) is 3.68. The Bertz CT molecular complexity index is 1880. The molecular formula is C31H31F2N7O6. The summed E-state index contributed by atoms with van der Waals surface area (Å²) in [5, 5.41) is 19.4. The number of hydrogen-bond donors (Lipinski definition) is 2. The molecule has 46 heavy (non-hydrogen) atoms. The van der Waals surface area contributed by atoms with Crippen LogP contribution in [0.5, 0.6) is 5.75 Å². The molecule has 6 rings (SSSR count). The molecule has 1 saturated heterocycles. The number of amides is 3. The predicted octanol–water partition coefficient (Wildman–Crippen LogP) is 3.36. The number of halogens is 2. The van der Waals surface area contributed by atoms with Crippen molar-refractivity contribution in [3.8, 4) is 16.9 Å². The number of ether oxygens (including phenoxy) is 1. The molecule has 2 aliphatic rings. The highest BCUT2D eigenvalue weighted by Crippen LogP contribution is 2.39. The van der Waals surface area contributed by atoms with Crippen LogP contribution in [-0.2, 0) is 16.9 Å². The molecule has 1 unspecified atom stereocenters. The van der Waals surface area contributed by atoms with Gasteiger partial charge in [-0.05, 0) is 39.8 Å². The van der Waals surface area contributed by atoms with Crippen molar-refractivity contribution in [2.75, 3.05) is 31.1 Å². The third-order valence-corrected chi connectivity index (χ3v) is 8.13. The van der Waals surface area contributed by atoms with E-state index in [9.17, 15) is 24.6 Å². The van der Waals surface area contributed by atoms with Crippen molar-refractivity contribution in [2.45, 2.75) is 45.9 Å². The van der Waals surface area contributed by atoms with Gasteiger partial charge in [-0.15, -0.1) is 0 Å². The number of pyridine rings is 1. The van der Waals surface area contributed by atoms with Crippen LogP contribution in [0.3, 0.4) is 0 Å². The highest BCUT2D eigenvalue weighted by molar-refractivity contribution is 6.02. The first-order valence-electron chi connectivity index (χ1n) is 14.5. The number of aliphatic hydroxyl groups is 1. The van der Waals surface area contributed by atoms with E-state index in [0.29, 0.717) is 17.0 Å². The molecule has 3 amide bonds. The van der Waals surface area contributed by atoms with E-state index in [1.807, 2.05) is 0 Å². The van der Waals surface area contributed by atoms with E-state index in [4.69, 9.17) is 4.74 Å². The van der Waals surface area contributed by atoms with Gasteiger partial charge in [-0.2, -0.15) is 0 Å². The molecule has 5 heterocycles. The van der Waals surface area contributed by atoms with Crippen LogP contribution in [0.4, 0.5) is 19.3 Å². The number of benzene rings is 1. The first kappa shape index (κ1) is 30.8. The van der Waals surface area contributed by atoms with E-state index in [2.05, 4.69) is 15.0 Å². The van der Waals surface area contributed by atoms with Gasteiger partial charge >= 0.3 is 6.09 Å². The number of piperazine rings is 1. The fraction of sp³-hybridized carbons (Fsp3) is 0.355. The number of anilines is 1. The van der Waals surface area contributed by atoms with Gasteiger partial charge in [-0.1, -0.05) is 0 Å². The number of imidazole rings is 1. The van der Waals surface area contributed by atoms with Gasteiger partial charge in [0.15, 0.2) is 23.5 Å². The maximum atomic E-state index is 15.5. The summed E-state index contributed by atoms with van der Waals surface area (Å²) in [6.07, 6.45) is 2.20. The summed E-state index contributed by atoms with van der Waals surface area (Å²) in [5.41, 5.74) is 0.494. The topological polar surface area (TPSA) is 154 Å². The number of carbonyl (C=O) groups is 3. The van der Waals surface area contributed by atoms with E-state index >= 15 is 8.78 Å². The van der Waals surface area contributed by atoms with E-state index < -0.39 is 41.2 Å². The van der Waals surface area contributed by atoms with Crippen LogP contribution in [-0.4, -0.2) is 89.6 Å². The molecule has 2 aliphatic heterocycles. The van der Waals surface area contributed by atoms with E-state index in [0.717, 1.165) is 6.07 Å². The number of aromatic nitrogens is 4. The fourth-order valence-corrected chi connectivity index (χ4v) is 5.60. The van der Waals surface area contributed by atoms with Crippen molar-refractivity contribution in [3.05, 3.63) is 71.2 Å². The van der Waals surface area contributed by atoms with Gasteiger partial charge in [0, 0.05) is 67.5 Å². The first-order chi connectivity index (χ1) is 21.7. The smallest absolute Gasteiger partial charge is 0.407 e. The summed E-state index contributed by atoms with van der Waals surface area (Å²) in [5.74, 6) is -2.44. The first-order valence-corrected chi connectivity index (χ1v) is 14.5. The molecule has 1 fully saturated rings. The summed E-state index contributed by atoms with van der Waals surface area (Å²) < 4.78 is 38.0. The van der Waals surface area contributed by atoms with Crippen LogP contribution in [0.25, 0.3) is 16.8 Å². The van der Waals surface area contributed by atoms with E-state index in [1.165, 1.54) is 66.2 Å². The second-order valence-electron chi connectivity index (χ2n) is 11.8. The molecule has 3 aromatic heterocycles. The van der Waals surface area contributed by atoms with Crippen LogP contribution >= 0.6 is 0 Å². The molecule has 13 nitrogen and oxygen atoms in total. The molecule has 4 aromatic rings. The number of fused-ring (bicyclic) bond motifs is 2. The van der Waals surface area contributed by atoms with Gasteiger partial charge in [0.25, 0.3) is 11.8 Å². The molecule has 1 aromatic carbocycles. The molecule has 0 aliphatic carbocycles. The van der Waals surface area contributed by atoms with Crippen molar-refractivity contribution in [3.63, 3.8) is 0 Å². The van der Waals surface area contributed by atoms with Gasteiger partial charge < -0.3 is 29.2 Å². The monoisotopic (exact) mass is 635 g/mol. The van der Waals surface area contributed by atoms with Gasteiger partial charge in [0.2, 0.25) is 0 Å². The average Bonchev–Trinajstić information content (AvgIpc) is 3.31. The zero-order valence-corrected chi connectivity index (χ0v) is 25.5. The summed E-state index contributed by atoms with van der Waals surface area (Å²) >= 11 is 0. The van der Waals surface area contributed by atoms with Gasteiger partial charge in [-0.3, -0.25) is 14.5 Å². The number of aryl methyl sites for hydroxylation is 1. The predicted molar refractivity (Wildman–Crippen MR) is 159 cm³/mol. The minimum atomic E-state index is -1.28. The summed E-state index contributed by atoms with van der Waals surface area (Å²) in [7, 11) is 0. The summed E-state index contributed by atoms with van der Waals surface area (Å²) in [4.78, 5) is 54.9. The van der Waals surface area contributed by atoms with Crippen molar-refractivity contribution in [2.24, 2.45) is 0 Å². The standard InChI is InChI=1S/C31H31F2N7O6/c1-16-24(39-14-20(21(32)11-25(39)36-16)19-12-34-29(35-13-19)31(3,4)45)15-40-23-10-18(9-22(33)26(23)46-17(2)27(40)41)28(42)37-5-7-38(8-6-37)30(43)44/h9-14,17,45H,5-8,15H2,1-4H3,(H,43,44). The minimum Gasteiger partial charge on any atom is -0.476 e. The maximum absolute atomic E-state index is 15.5. The van der Waals surface area contributed by atoms with E-state index in [-0.39, 0.29) is 66.8 Å². The Morgan fingerprint density at radius 3 is 2.33 bits per heavy atom. The second kappa shape index (κ2) is 11.3. The Hall–Kier alpha value is -5.18. The van der Waals surface area contributed by atoms with Gasteiger partial charge in [-0.25, -0.2) is 28.5 Å². The van der Waals surface area contributed by atoms with Gasteiger partial charge in [0.1, 0.15) is 17.1 Å². The third-order valence-electron chi connectivity index (χ3n) is 8.13. The normalized spacial score (nSPS) is 16.9. The molecule has 0 radical (unpaired) electrons. The molecule has 0 bridgehead atoms. The SMILES string of the molecule is Cc1nc2cc(F)c(-c3cnc(C(C)(C)O)nc3)cn2c1CN1C(=O)C(C)Oc2c(F)cc(C(=O)N3CCN(C(=O)O)CC3)cc21. The number of nitrogens with zero attached hydrogens (tertiary/aromatic N) is 7. The van der Waals surface area contributed by atoms with Crippen LogP contribution in [0.2, 0.25) is 0 Å². The highest BCUT2D eigenvalue weighted by Gasteiger charge is 2.36. The Morgan fingerprint density at radius 1 is 1.04 bits per heavy atom. The average molecular weight is 636 g/mol. The Morgan fingerprint density at radius 2 is 1.70 bits per heavy atom. The van der Waals surface area contributed by atoms with Crippen LogP contribution < -0.4 is 9.64 Å². The quantitative estimate of drug-likeness (QED) is 0.336. The second-order valence-corrected chi connectivity index (χ2v) is 11.8. The van der Waals surface area contributed by atoms with Crippen molar-refractivity contribution in [1.82, 2.24) is 29.2 Å². The zero-order valence-electron chi connectivity index (χ0n) is 25.5. The minimum absolute atomic E-state index is 0.0234. The lowest BCUT2D eigenvalue weighted by Gasteiger charge is -2.35. The Kier molecular flexibility index (Phi) is 7.58. The van der Waals surface area contributed by atoms with Crippen molar-refractivity contribution < 1.29 is 38.1 Å². The third kappa shape index (κ3) is 5.46. The number of carbonyl (C=O) groups excluding carboxylic acids is 2. The molecule has 0 saturated carbocycles. The van der Waals surface area contributed by atoms with Crippen molar-refractivity contribution >= 4 is 29.2 Å². The molecular weight excluding hydrogens is 604 g/mol. The molecule has 0 spiro atoms. The lowest BCUT2D eigenvalue weighted by atomic mass is 10.1.